The average Bonchev–Trinajstić information content (AvgIpc) is 3.22. The number of hydrogen-bond acceptors (Lipinski definition) is 4. The maximum Gasteiger partial charge on any atom is 0.254 e. The lowest BCUT2D eigenvalue weighted by Gasteiger charge is -2.25. The van der Waals surface area contributed by atoms with E-state index in [-0.39, 0.29) is 25.7 Å². The van der Waals surface area contributed by atoms with E-state index in [0.29, 0.717) is 22.6 Å². The van der Waals surface area contributed by atoms with E-state index in [4.69, 9.17) is 9.47 Å². The van der Waals surface area contributed by atoms with Crippen LogP contribution >= 0.6 is 0 Å². The van der Waals surface area contributed by atoms with Gasteiger partial charge in [-0.25, -0.2) is 8.78 Å². The number of β-amino-alcohol motifs (C(OH)–C–C–N with tert-alkyl or cyclic N) is 1. The van der Waals surface area contributed by atoms with Gasteiger partial charge in [0.1, 0.15) is 0 Å². The molecule has 2 aromatic rings. The van der Waals surface area contributed by atoms with Gasteiger partial charge in [0.05, 0.1) is 12.1 Å². The first kappa shape index (κ1) is 15.8. The van der Waals surface area contributed by atoms with Crippen molar-refractivity contribution in [2.24, 2.45) is 0 Å². The third-order valence-electron chi connectivity index (χ3n) is 4.49. The highest BCUT2D eigenvalue weighted by molar-refractivity contribution is 5.95. The summed E-state index contributed by atoms with van der Waals surface area (Å²) in [4.78, 5) is 14.3. The van der Waals surface area contributed by atoms with Crippen LogP contribution in [0.1, 0.15) is 28.4 Å². The quantitative estimate of drug-likeness (QED) is 0.907. The number of carbonyl (C=O) groups excluding carboxylic acids is 1. The van der Waals surface area contributed by atoms with E-state index in [1.807, 2.05) is 0 Å². The first-order valence-electron chi connectivity index (χ1n) is 7.86. The summed E-state index contributed by atoms with van der Waals surface area (Å²) in [6.07, 6.45) is -0.461. The van der Waals surface area contributed by atoms with E-state index in [2.05, 4.69) is 0 Å². The Balaban J connectivity index is 1.65. The second-order valence-corrected chi connectivity index (χ2v) is 6.10. The molecule has 2 aromatic carbocycles. The molecule has 0 radical (unpaired) electrons. The zero-order chi connectivity index (χ0) is 17.6. The van der Waals surface area contributed by atoms with Gasteiger partial charge >= 0.3 is 0 Å². The Hall–Kier alpha value is -2.67. The minimum absolute atomic E-state index is 0.104. The molecule has 0 bridgehead atoms. The van der Waals surface area contributed by atoms with E-state index >= 15 is 0 Å². The molecule has 2 heterocycles. The van der Waals surface area contributed by atoms with E-state index in [9.17, 15) is 18.7 Å². The topological polar surface area (TPSA) is 59.0 Å². The normalized spacial score (nSPS) is 21.6. The average molecular weight is 347 g/mol. The van der Waals surface area contributed by atoms with Crippen LogP contribution in [0.4, 0.5) is 8.78 Å². The Morgan fingerprint density at radius 1 is 1.08 bits per heavy atom. The molecule has 4 rings (SSSR count). The van der Waals surface area contributed by atoms with Gasteiger partial charge in [-0.15, -0.1) is 0 Å². The van der Waals surface area contributed by atoms with Crippen LogP contribution < -0.4 is 9.47 Å². The maximum atomic E-state index is 13.6. The summed E-state index contributed by atoms with van der Waals surface area (Å²) in [5, 5.41) is 10.00. The zero-order valence-corrected chi connectivity index (χ0v) is 13.1. The van der Waals surface area contributed by atoms with Gasteiger partial charge in [0.25, 0.3) is 5.91 Å². The molecule has 7 heteroatoms. The van der Waals surface area contributed by atoms with Gasteiger partial charge in [-0.05, 0) is 42.3 Å². The van der Waals surface area contributed by atoms with Gasteiger partial charge in [-0.1, -0.05) is 6.07 Å². The number of amides is 1. The Kier molecular flexibility index (Phi) is 3.80. The predicted molar refractivity (Wildman–Crippen MR) is 83.3 cm³/mol. The maximum absolute atomic E-state index is 13.6. The van der Waals surface area contributed by atoms with Crippen LogP contribution in [-0.4, -0.2) is 35.4 Å². The lowest BCUT2D eigenvalue weighted by molar-refractivity contribution is 0.0715. The van der Waals surface area contributed by atoms with Gasteiger partial charge in [0.15, 0.2) is 23.1 Å². The lowest BCUT2D eigenvalue weighted by atomic mass is 10.0. The van der Waals surface area contributed by atoms with Crippen molar-refractivity contribution in [2.75, 3.05) is 13.3 Å². The van der Waals surface area contributed by atoms with Crippen molar-refractivity contribution in [3.8, 4) is 11.5 Å². The fraction of sp³-hybridized carbons (Fsp3) is 0.278. The standard InChI is InChI=1S/C18H15F2NO4/c19-13-3-1-10(5-14(13)20)15-7-12(22)8-21(15)18(23)11-2-4-16-17(6-11)25-9-24-16/h1-6,12,15,22H,7-9H2/t12-,15+/m0/s1. The number of ether oxygens (including phenoxy) is 2. The molecule has 0 saturated carbocycles. The molecule has 0 aromatic heterocycles. The highest BCUT2D eigenvalue weighted by Crippen LogP contribution is 2.36. The lowest BCUT2D eigenvalue weighted by Crippen LogP contribution is -2.31. The molecule has 25 heavy (non-hydrogen) atoms. The molecule has 0 spiro atoms. The SMILES string of the molecule is O=C(c1ccc2c(c1)OCO2)N1C[C@@H](O)C[C@@H]1c1ccc(F)c(F)c1. The number of nitrogens with zero attached hydrogens (tertiary/aromatic N) is 1. The second kappa shape index (κ2) is 6.00. The number of aliphatic hydroxyl groups is 1. The van der Waals surface area contributed by atoms with Crippen molar-refractivity contribution in [3.05, 3.63) is 59.2 Å². The van der Waals surface area contributed by atoms with Crippen LogP contribution in [0.3, 0.4) is 0 Å². The number of halogens is 2. The monoisotopic (exact) mass is 347 g/mol. The van der Waals surface area contributed by atoms with Gasteiger partial charge in [-0.3, -0.25) is 4.79 Å². The van der Waals surface area contributed by atoms with E-state index < -0.39 is 23.8 Å². The molecule has 2 atom stereocenters. The summed E-state index contributed by atoms with van der Waals surface area (Å²) in [5.74, 6) is -1.19. The fourth-order valence-corrected chi connectivity index (χ4v) is 3.27. The summed E-state index contributed by atoms with van der Waals surface area (Å²) < 4.78 is 37.2. The summed E-state index contributed by atoms with van der Waals surface area (Å²) in [6.45, 7) is 0.226. The van der Waals surface area contributed by atoms with Crippen LogP contribution in [-0.2, 0) is 0 Å². The van der Waals surface area contributed by atoms with E-state index in [0.717, 1.165) is 12.1 Å². The first-order chi connectivity index (χ1) is 12.0. The molecule has 2 aliphatic rings. The molecule has 1 N–H and O–H groups in total. The van der Waals surface area contributed by atoms with Gasteiger partial charge in [-0.2, -0.15) is 0 Å². The Labute approximate surface area is 142 Å². The Bertz CT molecular complexity index is 842. The molecular weight excluding hydrogens is 332 g/mol. The summed E-state index contributed by atoms with van der Waals surface area (Å²) in [7, 11) is 0. The number of hydrogen-bond donors (Lipinski definition) is 1. The second-order valence-electron chi connectivity index (χ2n) is 6.10. The fourth-order valence-electron chi connectivity index (χ4n) is 3.27. The number of fused-ring (bicyclic) bond motifs is 1. The predicted octanol–water partition coefficient (Wildman–Crippen LogP) is 2.64. The number of rotatable bonds is 2. The molecule has 0 aliphatic carbocycles. The molecule has 0 unspecified atom stereocenters. The summed E-state index contributed by atoms with van der Waals surface area (Å²) in [6, 6.07) is 7.84. The molecule has 1 saturated heterocycles. The summed E-state index contributed by atoms with van der Waals surface area (Å²) in [5.41, 5.74) is 0.829. The van der Waals surface area contributed by atoms with Crippen LogP contribution in [0.2, 0.25) is 0 Å². The minimum atomic E-state index is -0.977. The third-order valence-corrected chi connectivity index (χ3v) is 4.49. The highest BCUT2D eigenvalue weighted by atomic mass is 19.2. The number of likely N-dealkylation sites (tertiary alicyclic amines) is 1. The Morgan fingerprint density at radius 2 is 1.88 bits per heavy atom. The van der Waals surface area contributed by atoms with Crippen LogP contribution in [0.25, 0.3) is 0 Å². The van der Waals surface area contributed by atoms with Crippen LogP contribution in [0.15, 0.2) is 36.4 Å². The van der Waals surface area contributed by atoms with Crippen molar-refractivity contribution >= 4 is 5.91 Å². The van der Waals surface area contributed by atoms with Crippen molar-refractivity contribution in [3.63, 3.8) is 0 Å². The molecule has 1 fully saturated rings. The zero-order valence-electron chi connectivity index (χ0n) is 13.1. The number of aliphatic hydroxyl groups excluding tert-OH is 1. The van der Waals surface area contributed by atoms with Crippen molar-refractivity contribution in [1.29, 1.82) is 0 Å². The summed E-state index contributed by atoms with van der Waals surface area (Å²) >= 11 is 0. The van der Waals surface area contributed by atoms with E-state index in [1.54, 1.807) is 18.2 Å². The van der Waals surface area contributed by atoms with Crippen molar-refractivity contribution in [1.82, 2.24) is 4.90 Å². The first-order valence-corrected chi connectivity index (χ1v) is 7.86. The number of carbonyl (C=O) groups is 1. The molecule has 2 aliphatic heterocycles. The smallest absolute Gasteiger partial charge is 0.254 e. The van der Waals surface area contributed by atoms with Crippen molar-refractivity contribution in [2.45, 2.75) is 18.6 Å². The largest absolute Gasteiger partial charge is 0.454 e. The van der Waals surface area contributed by atoms with Crippen LogP contribution in [0, 0.1) is 11.6 Å². The molecule has 1 amide bonds. The van der Waals surface area contributed by atoms with Gasteiger partial charge < -0.3 is 19.5 Å². The van der Waals surface area contributed by atoms with Crippen molar-refractivity contribution < 1.29 is 28.2 Å². The Morgan fingerprint density at radius 3 is 2.68 bits per heavy atom. The molecule has 130 valence electrons. The molecule has 5 nitrogen and oxygen atoms in total. The minimum Gasteiger partial charge on any atom is -0.454 e. The van der Waals surface area contributed by atoms with Gasteiger partial charge in [0, 0.05) is 12.1 Å². The third kappa shape index (κ3) is 2.80. The number of benzene rings is 2. The van der Waals surface area contributed by atoms with Gasteiger partial charge in [0.2, 0.25) is 6.79 Å². The molecular formula is C18H15F2NO4. The van der Waals surface area contributed by atoms with Crippen LogP contribution in [0.5, 0.6) is 11.5 Å². The van der Waals surface area contributed by atoms with E-state index in [1.165, 1.54) is 11.0 Å². The highest BCUT2D eigenvalue weighted by Gasteiger charge is 2.36.